The number of carbonyl (C=O) groups excluding carboxylic acids is 2. The fourth-order valence-electron chi connectivity index (χ4n) is 6.48. The highest BCUT2D eigenvalue weighted by Crippen LogP contribution is 2.65. The van der Waals surface area contributed by atoms with Gasteiger partial charge < -0.3 is 9.47 Å². The molecule has 2 unspecified atom stereocenters. The van der Waals surface area contributed by atoms with Crippen molar-refractivity contribution in [1.29, 1.82) is 0 Å². The number of ether oxygens (including phenoxy) is 2. The molecule has 160 valence electrons. The van der Waals surface area contributed by atoms with Crippen molar-refractivity contribution in [1.82, 2.24) is 0 Å². The van der Waals surface area contributed by atoms with Crippen LogP contribution in [0, 0.1) is 11.8 Å². The standard InChI is InChI=1S/C26H22N2O4/c1-31-25(32-2)26-18-11-5-3-9-16(18)20(17-10-4-6-12-19(17)26)21-22(26)24(30)28(23(21)29)15-8-7-13-27-14-15/h3-14,20-22,25H,1-2H3/p+1. The van der Waals surface area contributed by atoms with E-state index in [1.165, 1.54) is 4.90 Å². The summed E-state index contributed by atoms with van der Waals surface area (Å²) >= 11 is 0. The van der Waals surface area contributed by atoms with E-state index in [1.807, 2.05) is 24.3 Å². The van der Waals surface area contributed by atoms with Gasteiger partial charge in [0.25, 0.3) is 0 Å². The molecule has 2 heterocycles. The zero-order valence-corrected chi connectivity index (χ0v) is 17.8. The summed E-state index contributed by atoms with van der Waals surface area (Å²) in [5.74, 6) is -1.75. The van der Waals surface area contributed by atoms with Crippen molar-refractivity contribution in [3.8, 4) is 0 Å². The van der Waals surface area contributed by atoms with Gasteiger partial charge in [-0.2, -0.15) is 0 Å². The molecule has 1 fully saturated rings. The van der Waals surface area contributed by atoms with Crippen molar-refractivity contribution in [3.63, 3.8) is 0 Å². The van der Waals surface area contributed by atoms with Crippen LogP contribution in [0.15, 0.2) is 73.1 Å². The van der Waals surface area contributed by atoms with Gasteiger partial charge in [-0.15, -0.1) is 0 Å². The molecule has 1 N–H and O–H groups in total. The summed E-state index contributed by atoms with van der Waals surface area (Å²) in [6, 6.07) is 19.8. The molecular formula is C26H23N2O4+. The van der Waals surface area contributed by atoms with Crippen molar-refractivity contribution in [2.45, 2.75) is 17.6 Å². The lowest BCUT2D eigenvalue weighted by Crippen LogP contribution is -2.60. The Labute approximate surface area is 185 Å². The molecule has 0 radical (unpaired) electrons. The van der Waals surface area contributed by atoms with Crippen molar-refractivity contribution < 1.29 is 24.0 Å². The second-order valence-corrected chi connectivity index (χ2v) is 8.60. The molecule has 2 atom stereocenters. The predicted octanol–water partition coefficient (Wildman–Crippen LogP) is 2.67. The number of H-pyrrole nitrogens is 1. The lowest BCUT2D eigenvalue weighted by molar-refractivity contribution is -0.377. The Morgan fingerprint density at radius 1 is 0.875 bits per heavy atom. The van der Waals surface area contributed by atoms with Gasteiger partial charge >= 0.3 is 0 Å². The molecule has 6 heteroatoms. The van der Waals surface area contributed by atoms with Gasteiger partial charge in [0, 0.05) is 26.2 Å². The van der Waals surface area contributed by atoms with E-state index < -0.39 is 23.5 Å². The fraction of sp³-hybridized carbons (Fsp3) is 0.269. The average molecular weight is 427 g/mol. The Balaban J connectivity index is 1.69. The number of aromatic nitrogens is 1. The van der Waals surface area contributed by atoms with Crippen molar-refractivity contribution >= 4 is 17.5 Å². The first-order valence-corrected chi connectivity index (χ1v) is 10.7. The first kappa shape index (κ1) is 19.3. The maximum absolute atomic E-state index is 14.1. The fourth-order valence-corrected chi connectivity index (χ4v) is 6.48. The summed E-state index contributed by atoms with van der Waals surface area (Å²) in [7, 11) is 3.18. The number of rotatable bonds is 4. The zero-order valence-electron chi connectivity index (χ0n) is 17.8. The highest BCUT2D eigenvalue weighted by Gasteiger charge is 2.71. The molecule has 1 saturated heterocycles. The molecule has 3 aromatic rings. The molecule has 32 heavy (non-hydrogen) atoms. The summed E-state index contributed by atoms with van der Waals surface area (Å²) in [5, 5.41) is 0. The number of hydrogen-bond donors (Lipinski definition) is 0. The Morgan fingerprint density at radius 3 is 2.06 bits per heavy atom. The average Bonchev–Trinajstić information content (AvgIpc) is 3.11. The molecule has 4 aliphatic rings. The number of nitrogens with one attached hydrogen (secondary N) is 1. The Hall–Kier alpha value is -3.35. The van der Waals surface area contributed by atoms with Crippen LogP contribution < -0.4 is 9.88 Å². The van der Waals surface area contributed by atoms with Crippen LogP contribution in [-0.2, 0) is 24.5 Å². The second-order valence-electron chi connectivity index (χ2n) is 8.60. The first-order valence-electron chi connectivity index (χ1n) is 10.7. The molecule has 2 aromatic carbocycles. The summed E-state index contributed by atoms with van der Waals surface area (Å²) in [6.45, 7) is 0. The summed E-state index contributed by atoms with van der Waals surface area (Å²) < 4.78 is 11.8. The van der Waals surface area contributed by atoms with Crippen LogP contribution in [0.3, 0.4) is 0 Å². The molecule has 6 nitrogen and oxygen atoms in total. The van der Waals surface area contributed by atoms with Crippen LogP contribution >= 0.6 is 0 Å². The summed E-state index contributed by atoms with van der Waals surface area (Å²) in [6.07, 6.45) is 2.70. The number of methoxy groups -OCH3 is 2. The van der Waals surface area contributed by atoms with Gasteiger partial charge in [-0.05, 0) is 28.3 Å². The van der Waals surface area contributed by atoms with Gasteiger partial charge in [-0.25, -0.2) is 9.88 Å². The molecule has 0 spiro atoms. The highest BCUT2D eigenvalue weighted by atomic mass is 16.7. The largest absolute Gasteiger partial charge is 0.355 e. The van der Waals surface area contributed by atoms with Crippen LogP contribution in [0.5, 0.6) is 0 Å². The number of imide groups is 1. The van der Waals surface area contributed by atoms with Gasteiger partial charge in [-0.1, -0.05) is 48.5 Å². The van der Waals surface area contributed by atoms with E-state index in [-0.39, 0.29) is 17.7 Å². The minimum atomic E-state index is -0.934. The third-order valence-corrected chi connectivity index (χ3v) is 7.43. The van der Waals surface area contributed by atoms with Crippen LogP contribution in [0.1, 0.15) is 28.2 Å². The molecular weight excluding hydrogens is 404 g/mol. The Bertz CT molecular complexity index is 1190. The minimum absolute atomic E-state index is 0.177. The van der Waals surface area contributed by atoms with Gasteiger partial charge in [-0.3, -0.25) is 9.59 Å². The van der Waals surface area contributed by atoms with Gasteiger partial charge in [0.2, 0.25) is 11.8 Å². The molecule has 1 aromatic heterocycles. The van der Waals surface area contributed by atoms with Crippen LogP contribution in [0.4, 0.5) is 5.69 Å². The predicted molar refractivity (Wildman–Crippen MR) is 116 cm³/mol. The quantitative estimate of drug-likeness (QED) is 0.474. The Kier molecular flexibility index (Phi) is 4.12. The first-order chi connectivity index (χ1) is 15.7. The zero-order chi connectivity index (χ0) is 22.0. The van der Waals surface area contributed by atoms with Crippen molar-refractivity contribution in [2.24, 2.45) is 11.8 Å². The Morgan fingerprint density at radius 2 is 1.50 bits per heavy atom. The SMILES string of the molecule is COC(OC)C12c3ccccc3C(c3ccccc31)C1C(=O)N(c3ccc[nH+]c3)C(=O)C12. The molecule has 2 amide bonds. The van der Waals surface area contributed by atoms with E-state index in [2.05, 4.69) is 29.2 Å². The van der Waals surface area contributed by atoms with Gasteiger partial charge in [0.1, 0.15) is 5.69 Å². The van der Waals surface area contributed by atoms with Crippen molar-refractivity contribution in [2.75, 3.05) is 19.1 Å². The number of carbonyl (C=O) groups is 2. The summed E-state index contributed by atoms with van der Waals surface area (Å²) in [5.41, 5.74) is 3.74. The van der Waals surface area contributed by atoms with E-state index in [0.29, 0.717) is 5.69 Å². The normalized spacial score (nSPS) is 27.5. The second kappa shape index (κ2) is 6.82. The number of pyridine rings is 1. The van der Waals surface area contributed by atoms with Crippen LogP contribution in [0.2, 0.25) is 0 Å². The number of nitrogens with zero attached hydrogens (tertiary/aromatic N) is 1. The number of benzene rings is 2. The van der Waals surface area contributed by atoms with Crippen LogP contribution in [-0.4, -0.2) is 32.3 Å². The minimum Gasteiger partial charge on any atom is -0.355 e. The maximum atomic E-state index is 14.1. The molecule has 0 saturated carbocycles. The molecule has 7 rings (SSSR count). The smallest absolute Gasteiger partial charge is 0.239 e. The van der Waals surface area contributed by atoms with Gasteiger partial charge in [0.15, 0.2) is 18.7 Å². The lowest BCUT2D eigenvalue weighted by atomic mass is 9.47. The van der Waals surface area contributed by atoms with E-state index >= 15 is 0 Å². The highest BCUT2D eigenvalue weighted by molar-refractivity contribution is 6.23. The van der Waals surface area contributed by atoms with E-state index in [4.69, 9.17) is 9.47 Å². The third-order valence-electron chi connectivity index (χ3n) is 7.43. The number of hydrogen-bond acceptors (Lipinski definition) is 4. The third kappa shape index (κ3) is 2.13. The number of anilines is 1. The maximum Gasteiger partial charge on any atom is 0.239 e. The van der Waals surface area contributed by atoms with Crippen LogP contribution in [0.25, 0.3) is 0 Å². The monoisotopic (exact) mass is 427 g/mol. The van der Waals surface area contributed by atoms with E-state index in [0.717, 1.165) is 22.3 Å². The van der Waals surface area contributed by atoms with Gasteiger partial charge in [0.05, 0.1) is 17.3 Å². The number of amides is 2. The lowest BCUT2D eigenvalue weighted by Gasteiger charge is -2.56. The van der Waals surface area contributed by atoms with E-state index in [9.17, 15) is 9.59 Å². The van der Waals surface area contributed by atoms with E-state index in [1.54, 1.807) is 38.7 Å². The molecule has 3 aliphatic carbocycles. The molecule has 1 aliphatic heterocycles. The van der Waals surface area contributed by atoms with Crippen molar-refractivity contribution in [3.05, 3.63) is 95.3 Å². The molecule has 2 bridgehead atoms. The topological polar surface area (TPSA) is 70.0 Å². The summed E-state index contributed by atoms with van der Waals surface area (Å²) in [4.78, 5) is 32.3. The number of aromatic amines is 1.